The zero-order chi connectivity index (χ0) is 19.1. The van der Waals surface area contributed by atoms with Crippen LogP contribution in [0.25, 0.3) is 0 Å². The monoisotopic (exact) mass is 359 g/mol. The van der Waals surface area contributed by atoms with Gasteiger partial charge >= 0.3 is 0 Å². The van der Waals surface area contributed by atoms with E-state index < -0.39 is 0 Å². The molecule has 0 aliphatic carbocycles. The molecule has 1 saturated heterocycles. The highest BCUT2D eigenvalue weighted by atomic mass is 16.2. The molecule has 5 nitrogen and oxygen atoms in total. The van der Waals surface area contributed by atoms with E-state index in [0.717, 1.165) is 37.2 Å². The van der Waals surface area contributed by atoms with Gasteiger partial charge in [-0.25, -0.2) is 0 Å². The van der Waals surface area contributed by atoms with Gasteiger partial charge in [0.05, 0.1) is 0 Å². The maximum Gasteiger partial charge on any atom is 0.224 e. The van der Waals surface area contributed by atoms with Crippen LogP contribution < -0.4 is 10.6 Å². The molecule has 2 N–H and O–H groups in total. The van der Waals surface area contributed by atoms with E-state index in [1.807, 2.05) is 43.0 Å². The lowest BCUT2D eigenvalue weighted by molar-refractivity contribution is -0.131. The van der Waals surface area contributed by atoms with Gasteiger partial charge in [-0.2, -0.15) is 0 Å². The van der Waals surface area contributed by atoms with Crippen molar-refractivity contribution < 1.29 is 9.59 Å². The molecule has 1 aliphatic rings. The lowest BCUT2D eigenvalue weighted by Gasteiger charge is -2.28. The molecule has 1 fully saturated rings. The van der Waals surface area contributed by atoms with Gasteiger partial charge in [0.2, 0.25) is 11.8 Å². The van der Waals surface area contributed by atoms with E-state index in [1.165, 1.54) is 0 Å². The number of hydrogen-bond donors (Lipinski definition) is 2. The molecule has 0 bridgehead atoms. The summed E-state index contributed by atoms with van der Waals surface area (Å²) in [5, 5.41) is 6.37. The summed E-state index contributed by atoms with van der Waals surface area (Å²) >= 11 is 0. The van der Waals surface area contributed by atoms with Gasteiger partial charge in [-0.3, -0.25) is 9.59 Å². The summed E-state index contributed by atoms with van der Waals surface area (Å²) in [6.45, 7) is 10.5. The van der Waals surface area contributed by atoms with Crippen molar-refractivity contribution in [2.75, 3.05) is 18.4 Å². The molecule has 2 amide bonds. The van der Waals surface area contributed by atoms with E-state index in [9.17, 15) is 9.59 Å². The number of nitrogens with zero attached hydrogens (tertiary/aromatic N) is 1. The summed E-state index contributed by atoms with van der Waals surface area (Å²) in [7, 11) is 0. The van der Waals surface area contributed by atoms with Crippen molar-refractivity contribution in [3.63, 3.8) is 0 Å². The van der Waals surface area contributed by atoms with Crippen LogP contribution in [0, 0.1) is 11.8 Å². The molecule has 1 unspecified atom stereocenters. The van der Waals surface area contributed by atoms with Crippen molar-refractivity contribution in [3.05, 3.63) is 29.8 Å². The van der Waals surface area contributed by atoms with E-state index in [2.05, 4.69) is 17.6 Å². The number of piperidine rings is 1. The third-order valence-corrected chi connectivity index (χ3v) is 5.31. The number of amides is 2. The Morgan fingerprint density at radius 1 is 1.15 bits per heavy atom. The summed E-state index contributed by atoms with van der Waals surface area (Å²) in [5.74, 6) is 1.20. The number of anilines is 1. The lowest BCUT2D eigenvalue weighted by Crippen LogP contribution is -2.34. The van der Waals surface area contributed by atoms with Crippen LogP contribution in [0.3, 0.4) is 0 Å². The van der Waals surface area contributed by atoms with Gasteiger partial charge in [-0.05, 0) is 69.3 Å². The van der Waals surface area contributed by atoms with Crippen LogP contribution >= 0.6 is 0 Å². The predicted octanol–water partition coefficient (Wildman–Crippen LogP) is 3.41. The topological polar surface area (TPSA) is 61.4 Å². The fraction of sp³-hybridized carbons (Fsp3) is 0.619. The van der Waals surface area contributed by atoms with Crippen LogP contribution in [0.2, 0.25) is 0 Å². The van der Waals surface area contributed by atoms with Gasteiger partial charge in [0.25, 0.3) is 0 Å². The van der Waals surface area contributed by atoms with Crippen molar-refractivity contribution in [1.29, 1.82) is 0 Å². The smallest absolute Gasteiger partial charge is 0.224 e. The van der Waals surface area contributed by atoms with E-state index >= 15 is 0 Å². The van der Waals surface area contributed by atoms with Crippen LogP contribution in [-0.4, -0.2) is 35.8 Å². The highest BCUT2D eigenvalue weighted by Crippen LogP contribution is 2.24. The molecule has 0 spiro atoms. The SMILES string of the molecule is CC(=O)N(Cc1ccc(NC(=O)CC(C)C2CCNCC2)cc1)C(C)C. The van der Waals surface area contributed by atoms with Gasteiger partial charge in [0.1, 0.15) is 0 Å². The second-order valence-electron chi connectivity index (χ2n) is 7.75. The third kappa shape index (κ3) is 6.13. The summed E-state index contributed by atoms with van der Waals surface area (Å²) in [6.07, 6.45) is 2.88. The molecule has 2 rings (SSSR count). The molecule has 1 aliphatic heterocycles. The van der Waals surface area contributed by atoms with E-state index in [1.54, 1.807) is 6.92 Å². The Labute approximate surface area is 157 Å². The molecule has 1 atom stereocenters. The average molecular weight is 360 g/mol. The minimum absolute atomic E-state index is 0.0734. The third-order valence-electron chi connectivity index (χ3n) is 5.31. The van der Waals surface area contributed by atoms with Gasteiger partial charge in [-0.1, -0.05) is 19.1 Å². The van der Waals surface area contributed by atoms with Gasteiger partial charge in [-0.15, -0.1) is 0 Å². The molecule has 5 heteroatoms. The summed E-state index contributed by atoms with van der Waals surface area (Å²) in [5.41, 5.74) is 1.88. The predicted molar refractivity (Wildman–Crippen MR) is 106 cm³/mol. The molecule has 144 valence electrons. The molecule has 0 aromatic heterocycles. The van der Waals surface area contributed by atoms with Crippen LogP contribution in [0.5, 0.6) is 0 Å². The summed E-state index contributed by atoms with van der Waals surface area (Å²) < 4.78 is 0. The molecule has 0 saturated carbocycles. The zero-order valence-electron chi connectivity index (χ0n) is 16.5. The molecular weight excluding hydrogens is 326 g/mol. The molecule has 0 radical (unpaired) electrons. The van der Waals surface area contributed by atoms with Gasteiger partial charge in [0.15, 0.2) is 0 Å². The van der Waals surface area contributed by atoms with Gasteiger partial charge < -0.3 is 15.5 Å². The number of rotatable bonds is 7. The first-order chi connectivity index (χ1) is 12.4. The van der Waals surface area contributed by atoms with Crippen molar-refractivity contribution in [1.82, 2.24) is 10.2 Å². The fourth-order valence-electron chi connectivity index (χ4n) is 3.63. The Balaban J connectivity index is 1.85. The van der Waals surface area contributed by atoms with Crippen molar-refractivity contribution in [3.8, 4) is 0 Å². The Morgan fingerprint density at radius 2 is 1.77 bits per heavy atom. The summed E-state index contributed by atoms with van der Waals surface area (Å²) in [6, 6.07) is 7.96. The van der Waals surface area contributed by atoms with E-state index in [-0.39, 0.29) is 17.9 Å². The van der Waals surface area contributed by atoms with Gasteiger partial charge in [0, 0.05) is 31.6 Å². The van der Waals surface area contributed by atoms with Crippen molar-refractivity contribution >= 4 is 17.5 Å². The number of benzene rings is 1. The molecular formula is C21H33N3O2. The quantitative estimate of drug-likeness (QED) is 0.784. The number of carbonyl (C=O) groups excluding carboxylic acids is 2. The maximum atomic E-state index is 12.3. The number of hydrogen-bond acceptors (Lipinski definition) is 3. The van der Waals surface area contributed by atoms with E-state index in [4.69, 9.17) is 0 Å². The second-order valence-corrected chi connectivity index (χ2v) is 7.75. The van der Waals surface area contributed by atoms with Crippen LogP contribution in [0.15, 0.2) is 24.3 Å². The maximum absolute atomic E-state index is 12.3. The summed E-state index contributed by atoms with van der Waals surface area (Å²) in [4.78, 5) is 25.9. The van der Waals surface area contributed by atoms with E-state index in [0.29, 0.717) is 24.8 Å². The first-order valence-electron chi connectivity index (χ1n) is 9.73. The Bertz CT molecular complexity index is 592. The average Bonchev–Trinajstić information content (AvgIpc) is 2.61. The van der Waals surface area contributed by atoms with Crippen molar-refractivity contribution in [2.24, 2.45) is 11.8 Å². The minimum Gasteiger partial charge on any atom is -0.336 e. The molecule has 1 aromatic rings. The molecule has 1 heterocycles. The lowest BCUT2D eigenvalue weighted by atomic mass is 9.84. The Morgan fingerprint density at radius 3 is 2.31 bits per heavy atom. The Hall–Kier alpha value is -1.88. The largest absolute Gasteiger partial charge is 0.336 e. The minimum atomic E-state index is 0.0734. The first kappa shape index (κ1) is 20.4. The molecule has 26 heavy (non-hydrogen) atoms. The van der Waals surface area contributed by atoms with Crippen LogP contribution in [-0.2, 0) is 16.1 Å². The number of carbonyl (C=O) groups is 2. The Kier molecular flexibility index (Phi) is 7.64. The highest BCUT2D eigenvalue weighted by Gasteiger charge is 2.22. The number of nitrogens with one attached hydrogen (secondary N) is 2. The standard InChI is InChI=1S/C21H33N3O2/c1-15(2)24(17(4)25)14-18-5-7-20(8-6-18)23-21(26)13-16(3)19-9-11-22-12-10-19/h5-8,15-16,19,22H,9-14H2,1-4H3,(H,23,26). The van der Waals surface area contributed by atoms with Crippen LogP contribution in [0.1, 0.15) is 52.5 Å². The molecule has 1 aromatic carbocycles. The zero-order valence-corrected chi connectivity index (χ0v) is 16.5. The van der Waals surface area contributed by atoms with Crippen molar-refractivity contribution in [2.45, 2.75) is 59.5 Å². The fourth-order valence-corrected chi connectivity index (χ4v) is 3.63. The highest BCUT2D eigenvalue weighted by molar-refractivity contribution is 5.90. The normalized spacial score (nSPS) is 16.3. The second kappa shape index (κ2) is 9.72. The van der Waals surface area contributed by atoms with Crippen LogP contribution in [0.4, 0.5) is 5.69 Å². The first-order valence-corrected chi connectivity index (χ1v) is 9.73.